The fourth-order valence-corrected chi connectivity index (χ4v) is 3.10. The first kappa shape index (κ1) is 20.3. The number of aromatic nitrogens is 2. The van der Waals surface area contributed by atoms with Gasteiger partial charge in [-0.3, -0.25) is 0 Å². The van der Waals surface area contributed by atoms with Gasteiger partial charge in [-0.1, -0.05) is 35.9 Å². The van der Waals surface area contributed by atoms with Crippen LogP contribution >= 0.6 is 11.6 Å². The molecule has 0 unspecified atom stereocenters. The summed E-state index contributed by atoms with van der Waals surface area (Å²) in [7, 11) is 0. The number of nitrogens with zero attached hydrogens (tertiary/aromatic N) is 2. The van der Waals surface area contributed by atoms with Gasteiger partial charge in [0.2, 0.25) is 0 Å². The molecule has 1 aromatic heterocycles. The highest BCUT2D eigenvalue weighted by molar-refractivity contribution is 6.33. The van der Waals surface area contributed by atoms with Gasteiger partial charge in [0.1, 0.15) is 17.6 Å². The second-order valence-corrected chi connectivity index (χ2v) is 6.88. The number of ether oxygens (including phenoxy) is 1. The number of H-pyrrole nitrogens is 1. The fraction of sp³-hybridized carbons (Fsp3) is 0. The Bertz CT molecular complexity index is 1340. The average molecular weight is 436 g/mol. The van der Waals surface area contributed by atoms with Crippen LogP contribution in [0.4, 0.5) is 8.78 Å². The standard InChI is InChI=1S/C23H12ClF2N3O2/c24-17-11-19(26)18(25)10-16(17)23(30)31-15-7-5-13(6-8-15)9-14(12-27)22-28-20-3-1-2-4-21(20)29-22/h1-11H,(H,28,29). The Hall–Kier alpha value is -4.02. The first-order valence-corrected chi connectivity index (χ1v) is 9.36. The van der Waals surface area contributed by atoms with E-state index in [2.05, 4.69) is 16.0 Å². The number of allylic oxidation sites excluding steroid dienone is 1. The van der Waals surface area contributed by atoms with Crippen LogP contribution in [0.25, 0.3) is 22.7 Å². The van der Waals surface area contributed by atoms with E-state index in [0.717, 1.165) is 11.0 Å². The third-order valence-corrected chi connectivity index (χ3v) is 4.71. The summed E-state index contributed by atoms with van der Waals surface area (Å²) in [6.07, 6.45) is 1.63. The molecule has 4 aromatic rings. The van der Waals surface area contributed by atoms with Crippen molar-refractivity contribution in [1.82, 2.24) is 9.97 Å². The van der Waals surface area contributed by atoms with Crippen molar-refractivity contribution in [3.05, 3.63) is 94.3 Å². The minimum atomic E-state index is -1.20. The Morgan fingerprint density at radius 3 is 2.52 bits per heavy atom. The maximum Gasteiger partial charge on any atom is 0.345 e. The minimum absolute atomic E-state index is 0.171. The van der Waals surface area contributed by atoms with Crippen molar-refractivity contribution < 1.29 is 18.3 Å². The van der Waals surface area contributed by atoms with Crippen LogP contribution in [0.5, 0.6) is 5.75 Å². The Morgan fingerprint density at radius 1 is 1.10 bits per heavy atom. The van der Waals surface area contributed by atoms with Crippen molar-refractivity contribution in [2.75, 3.05) is 0 Å². The topological polar surface area (TPSA) is 78.8 Å². The summed E-state index contributed by atoms with van der Waals surface area (Å²) in [6.45, 7) is 0. The van der Waals surface area contributed by atoms with Crippen molar-refractivity contribution in [2.45, 2.75) is 0 Å². The Morgan fingerprint density at radius 2 is 1.81 bits per heavy atom. The maximum absolute atomic E-state index is 13.4. The summed E-state index contributed by atoms with van der Waals surface area (Å²) in [5.41, 5.74) is 2.27. The smallest absolute Gasteiger partial charge is 0.345 e. The molecule has 0 bridgehead atoms. The van der Waals surface area contributed by atoms with Crippen LogP contribution in [0.2, 0.25) is 5.02 Å². The van der Waals surface area contributed by atoms with E-state index >= 15 is 0 Å². The largest absolute Gasteiger partial charge is 0.423 e. The van der Waals surface area contributed by atoms with Crippen LogP contribution in [0.15, 0.2) is 60.7 Å². The van der Waals surface area contributed by atoms with E-state index in [4.69, 9.17) is 16.3 Å². The molecule has 4 rings (SSSR count). The molecule has 0 atom stereocenters. The zero-order valence-corrected chi connectivity index (χ0v) is 16.5. The molecular formula is C23H12ClF2N3O2. The zero-order chi connectivity index (χ0) is 22.0. The summed E-state index contributed by atoms with van der Waals surface area (Å²) in [6, 6.07) is 17.2. The molecular weight excluding hydrogens is 424 g/mol. The Labute approximate surface area is 180 Å². The lowest BCUT2D eigenvalue weighted by Gasteiger charge is -2.07. The van der Waals surface area contributed by atoms with E-state index in [9.17, 15) is 18.8 Å². The van der Waals surface area contributed by atoms with Gasteiger partial charge in [-0.25, -0.2) is 18.6 Å². The van der Waals surface area contributed by atoms with Gasteiger partial charge >= 0.3 is 5.97 Å². The number of imidazole rings is 1. The normalized spacial score (nSPS) is 11.4. The summed E-state index contributed by atoms with van der Waals surface area (Å²) in [4.78, 5) is 19.7. The number of carbonyl (C=O) groups is 1. The number of nitriles is 1. The number of hydrogen-bond acceptors (Lipinski definition) is 4. The van der Waals surface area contributed by atoms with Crippen molar-refractivity contribution in [1.29, 1.82) is 5.26 Å². The number of rotatable bonds is 4. The van der Waals surface area contributed by atoms with Gasteiger partial charge in [0, 0.05) is 0 Å². The number of para-hydroxylation sites is 2. The van der Waals surface area contributed by atoms with Gasteiger partial charge < -0.3 is 9.72 Å². The highest BCUT2D eigenvalue weighted by Gasteiger charge is 2.17. The molecule has 3 aromatic carbocycles. The molecule has 0 fully saturated rings. The van der Waals surface area contributed by atoms with E-state index in [0.29, 0.717) is 29.1 Å². The SMILES string of the molecule is N#CC(=Cc1ccc(OC(=O)c2cc(F)c(F)cc2Cl)cc1)c1nc2ccccc2[nH]1. The number of carbonyl (C=O) groups excluding carboxylic acids is 1. The summed E-state index contributed by atoms with van der Waals surface area (Å²) >= 11 is 5.79. The van der Waals surface area contributed by atoms with E-state index in [-0.39, 0.29) is 16.3 Å². The number of nitrogens with one attached hydrogen (secondary N) is 1. The molecule has 1 N–H and O–H groups in total. The first-order chi connectivity index (χ1) is 14.9. The number of aromatic amines is 1. The molecule has 0 saturated carbocycles. The third kappa shape index (κ3) is 4.29. The van der Waals surface area contributed by atoms with E-state index in [1.54, 1.807) is 18.2 Å². The highest BCUT2D eigenvalue weighted by Crippen LogP contribution is 2.24. The van der Waals surface area contributed by atoms with Crippen molar-refractivity contribution in [3.63, 3.8) is 0 Å². The Kier molecular flexibility index (Phi) is 5.48. The molecule has 0 aliphatic rings. The molecule has 31 heavy (non-hydrogen) atoms. The number of esters is 1. The van der Waals surface area contributed by atoms with Crippen molar-refractivity contribution in [3.8, 4) is 11.8 Å². The highest BCUT2D eigenvalue weighted by atomic mass is 35.5. The van der Waals surface area contributed by atoms with Crippen LogP contribution < -0.4 is 4.74 Å². The summed E-state index contributed by atoms with van der Waals surface area (Å²) in [5, 5.41) is 9.26. The van der Waals surface area contributed by atoms with E-state index < -0.39 is 17.6 Å². The fourth-order valence-electron chi connectivity index (χ4n) is 2.87. The first-order valence-electron chi connectivity index (χ1n) is 8.98. The summed E-state index contributed by atoms with van der Waals surface area (Å²) < 4.78 is 31.7. The van der Waals surface area contributed by atoms with Gasteiger partial charge in [-0.05, 0) is 48.0 Å². The van der Waals surface area contributed by atoms with Crippen LogP contribution in [0, 0.1) is 23.0 Å². The molecule has 0 amide bonds. The van der Waals surface area contributed by atoms with Gasteiger partial charge in [-0.15, -0.1) is 0 Å². The molecule has 1 heterocycles. The number of benzene rings is 3. The molecule has 5 nitrogen and oxygen atoms in total. The van der Waals surface area contributed by atoms with E-state index in [1.165, 1.54) is 12.1 Å². The quantitative estimate of drug-likeness (QED) is 0.191. The number of halogens is 3. The van der Waals surface area contributed by atoms with Crippen LogP contribution in [0.1, 0.15) is 21.7 Å². The molecule has 152 valence electrons. The van der Waals surface area contributed by atoms with Gasteiger partial charge in [0.25, 0.3) is 0 Å². The van der Waals surface area contributed by atoms with Gasteiger partial charge in [0.05, 0.1) is 27.2 Å². The van der Waals surface area contributed by atoms with Gasteiger partial charge in [0.15, 0.2) is 11.6 Å². The molecule has 0 spiro atoms. The van der Waals surface area contributed by atoms with Crippen LogP contribution in [-0.4, -0.2) is 15.9 Å². The minimum Gasteiger partial charge on any atom is -0.423 e. The molecule has 0 saturated heterocycles. The predicted molar refractivity (Wildman–Crippen MR) is 112 cm³/mol. The van der Waals surface area contributed by atoms with Crippen LogP contribution in [-0.2, 0) is 0 Å². The van der Waals surface area contributed by atoms with Crippen molar-refractivity contribution >= 4 is 40.3 Å². The molecule has 0 radical (unpaired) electrons. The number of fused-ring (bicyclic) bond motifs is 1. The molecule has 0 aliphatic heterocycles. The predicted octanol–water partition coefficient (Wildman–Crippen LogP) is 5.78. The lowest BCUT2D eigenvalue weighted by Crippen LogP contribution is -2.10. The third-order valence-electron chi connectivity index (χ3n) is 4.40. The second-order valence-electron chi connectivity index (χ2n) is 6.48. The monoisotopic (exact) mass is 435 g/mol. The number of hydrogen-bond donors (Lipinski definition) is 1. The second kappa shape index (κ2) is 8.38. The molecule has 8 heteroatoms. The lowest BCUT2D eigenvalue weighted by molar-refractivity contribution is 0.0734. The summed E-state index contributed by atoms with van der Waals surface area (Å²) in [5.74, 6) is -2.67. The zero-order valence-electron chi connectivity index (χ0n) is 15.7. The Balaban J connectivity index is 1.54. The van der Waals surface area contributed by atoms with E-state index in [1.807, 2.05) is 24.3 Å². The average Bonchev–Trinajstić information content (AvgIpc) is 3.19. The molecule has 0 aliphatic carbocycles. The maximum atomic E-state index is 13.4. The van der Waals surface area contributed by atoms with Crippen LogP contribution in [0.3, 0.4) is 0 Å². The van der Waals surface area contributed by atoms with Crippen molar-refractivity contribution in [2.24, 2.45) is 0 Å². The lowest BCUT2D eigenvalue weighted by atomic mass is 10.1. The van der Waals surface area contributed by atoms with Gasteiger partial charge in [-0.2, -0.15) is 5.26 Å².